The van der Waals surface area contributed by atoms with Gasteiger partial charge < -0.3 is 5.32 Å². The summed E-state index contributed by atoms with van der Waals surface area (Å²) in [5.41, 5.74) is 0.287. The molecule has 1 aliphatic rings. The summed E-state index contributed by atoms with van der Waals surface area (Å²) in [6.45, 7) is 0. The second-order valence-electron chi connectivity index (χ2n) is 4.05. The van der Waals surface area contributed by atoms with E-state index >= 15 is 0 Å². The molecule has 0 spiro atoms. The first-order valence-corrected chi connectivity index (χ1v) is 5.67. The summed E-state index contributed by atoms with van der Waals surface area (Å²) in [4.78, 5) is 11.8. The van der Waals surface area contributed by atoms with Gasteiger partial charge in [-0.25, -0.2) is 0 Å². The second-order valence-corrected chi connectivity index (χ2v) is 4.31. The highest BCUT2D eigenvalue weighted by atomic mass is 35.5. The molecule has 0 aromatic carbocycles. The van der Waals surface area contributed by atoms with Crippen molar-refractivity contribution in [1.29, 1.82) is 0 Å². The molecule has 4 nitrogen and oxygen atoms in total. The van der Waals surface area contributed by atoms with Gasteiger partial charge in [0.15, 0.2) is 0 Å². The van der Waals surface area contributed by atoms with Crippen LogP contribution < -0.4 is 5.32 Å². The zero-order valence-electron chi connectivity index (χ0n) is 8.42. The molecule has 1 amide bonds. The van der Waals surface area contributed by atoms with E-state index in [-0.39, 0.29) is 11.4 Å². The van der Waals surface area contributed by atoms with Gasteiger partial charge in [-0.1, -0.05) is 12.8 Å². The minimum Gasteiger partial charge on any atom is -0.344 e. The summed E-state index contributed by atoms with van der Waals surface area (Å²) in [6.07, 6.45) is 5.77. The number of nitrogens with zero attached hydrogens (tertiary/aromatic N) is 1. The van der Waals surface area contributed by atoms with E-state index in [0.717, 1.165) is 25.7 Å². The van der Waals surface area contributed by atoms with E-state index in [1.165, 1.54) is 0 Å². The molecule has 0 aliphatic heterocycles. The normalized spacial score (nSPS) is 19.0. The van der Waals surface area contributed by atoms with E-state index in [0.29, 0.717) is 11.6 Å². The zero-order chi connectivity index (χ0) is 10.7. The lowest BCUT2D eigenvalue weighted by atomic mass is 10.0. The van der Waals surface area contributed by atoms with Crippen LogP contribution in [0.2, 0.25) is 0 Å². The number of hydrogen-bond donors (Lipinski definition) is 2. The average Bonchev–Trinajstić information content (AvgIpc) is 2.88. The number of carbonyl (C=O) groups is 1. The molecule has 1 aromatic heterocycles. The molecule has 5 heteroatoms. The van der Waals surface area contributed by atoms with Crippen molar-refractivity contribution >= 4 is 17.5 Å². The van der Waals surface area contributed by atoms with Crippen molar-refractivity contribution in [2.75, 3.05) is 5.88 Å². The van der Waals surface area contributed by atoms with Crippen LogP contribution >= 0.6 is 11.6 Å². The maximum absolute atomic E-state index is 11.8. The molecule has 15 heavy (non-hydrogen) atoms. The zero-order valence-corrected chi connectivity index (χ0v) is 9.18. The summed E-state index contributed by atoms with van der Waals surface area (Å²) in [6, 6.07) is 1.66. The lowest BCUT2D eigenvalue weighted by Gasteiger charge is -2.27. The highest BCUT2D eigenvalue weighted by Gasteiger charge is 2.34. The summed E-state index contributed by atoms with van der Waals surface area (Å²) in [5, 5.41) is 9.40. The lowest BCUT2D eigenvalue weighted by molar-refractivity contribution is 0.0904. The Bertz CT molecular complexity index is 330. The molecule has 0 bridgehead atoms. The highest BCUT2D eigenvalue weighted by molar-refractivity contribution is 6.19. The molecule has 2 N–H and O–H groups in total. The Kier molecular flexibility index (Phi) is 2.95. The standard InChI is InChI=1S/C10H14ClN3O/c11-7-10(4-1-2-5-10)13-9(15)8-3-6-12-14-8/h3,6H,1-2,4-5,7H2,(H,12,14)(H,13,15). The SMILES string of the molecule is O=C(NC1(CCl)CCCC1)c1ccn[nH]1. The smallest absolute Gasteiger partial charge is 0.269 e. The van der Waals surface area contributed by atoms with E-state index in [2.05, 4.69) is 15.5 Å². The van der Waals surface area contributed by atoms with Crippen LogP contribution in [0.1, 0.15) is 36.2 Å². The van der Waals surface area contributed by atoms with Crippen LogP contribution in [0, 0.1) is 0 Å². The average molecular weight is 228 g/mol. The Morgan fingerprint density at radius 2 is 2.33 bits per heavy atom. The maximum atomic E-state index is 11.8. The Labute approximate surface area is 93.4 Å². The quantitative estimate of drug-likeness (QED) is 0.773. The largest absolute Gasteiger partial charge is 0.344 e. The van der Waals surface area contributed by atoms with Gasteiger partial charge in [-0.15, -0.1) is 11.6 Å². The van der Waals surface area contributed by atoms with E-state index < -0.39 is 0 Å². The third-order valence-electron chi connectivity index (χ3n) is 2.94. The van der Waals surface area contributed by atoms with Crippen molar-refractivity contribution in [1.82, 2.24) is 15.5 Å². The third kappa shape index (κ3) is 2.15. The number of nitrogens with one attached hydrogen (secondary N) is 2. The predicted molar refractivity (Wildman–Crippen MR) is 58.0 cm³/mol. The van der Waals surface area contributed by atoms with Gasteiger partial charge >= 0.3 is 0 Å². The molecule has 1 fully saturated rings. The van der Waals surface area contributed by atoms with Crippen molar-refractivity contribution in [3.8, 4) is 0 Å². The van der Waals surface area contributed by atoms with Crippen LogP contribution in [0.4, 0.5) is 0 Å². The van der Waals surface area contributed by atoms with E-state index in [9.17, 15) is 4.79 Å². The number of aromatic amines is 1. The minimum absolute atomic E-state index is 0.116. The van der Waals surface area contributed by atoms with Crippen molar-refractivity contribution in [3.05, 3.63) is 18.0 Å². The van der Waals surface area contributed by atoms with Gasteiger partial charge in [0.1, 0.15) is 5.69 Å². The molecule has 82 valence electrons. The summed E-state index contributed by atoms with van der Waals surface area (Å²) < 4.78 is 0. The second kappa shape index (κ2) is 4.23. The van der Waals surface area contributed by atoms with Crippen LogP contribution in [0.25, 0.3) is 0 Å². The van der Waals surface area contributed by atoms with Gasteiger partial charge in [0.2, 0.25) is 0 Å². The molecule has 1 heterocycles. The number of halogens is 1. The number of carbonyl (C=O) groups excluding carboxylic acids is 1. The summed E-state index contributed by atoms with van der Waals surface area (Å²) in [7, 11) is 0. The summed E-state index contributed by atoms with van der Waals surface area (Å²) >= 11 is 5.93. The molecule has 1 aliphatic carbocycles. The number of amides is 1. The first-order valence-electron chi connectivity index (χ1n) is 5.14. The molecule has 1 aromatic rings. The number of aromatic nitrogens is 2. The van der Waals surface area contributed by atoms with Crippen LogP contribution in [0.15, 0.2) is 12.3 Å². The fourth-order valence-electron chi connectivity index (χ4n) is 2.03. The highest BCUT2D eigenvalue weighted by Crippen LogP contribution is 2.30. The molecular weight excluding hydrogens is 214 g/mol. The van der Waals surface area contributed by atoms with Crippen LogP contribution in [-0.4, -0.2) is 27.5 Å². The van der Waals surface area contributed by atoms with E-state index in [1.807, 2.05) is 0 Å². The van der Waals surface area contributed by atoms with Gasteiger partial charge in [-0.05, 0) is 18.9 Å². The molecule has 2 rings (SSSR count). The van der Waals surface area contributed by atoms with Crippen molar-refractivity contribution in [2.24, 2.45) is 0 Å². The first kappa shape index (κ1) is 10.5. The van der Waals surface area contributed by atoms with E-state index in [4.69, 9.17) is 11.6 Å². The fraction of sp³-hybridized carbons (Fsp3) is 0.600. The summed E-state index contributed by atoms with van der Waals surface area (Å²) in [5.74, 6) is 0.363. The number of rotatable bonds is 3. The van der Waals surface area contributed by atoms with Gasteiger partial charge in [0.05, 0.1) is 5.54 Å². The Morgan fingerprint density at radius 1 is 1.60 bits per heavy atom. The van der Waals surface area contributed by atoms with Gasteiger partial charge in [-0.2, -0.15) is 5.10 Å². The van der Waals surface area contributed by atoms with Crippen molar-refractivity contribution < 1.29 is 4.79 Å². The first-order chi connectivity index (χ1) is 7.26. The minimum atomic E-state index is -0.205. The van der Waals surface area contributed by atoms with Crippen LogP contribution in [0.3, 0.4) is 0 Å². The van der Waals surface area contributed by atoms with Crippen LogP contribution in [-0.2, 0) is 0 Å². The number of H-pyrrole nitrogens is 1. The van der Waals surface area contributed by atoms with E-state index in [1.54, 1.807) is 12.3 Å². The van der Waals surface area contributed by atoms with Crippen molar-refractivity contribution in [2.45, 2.75) is 31.2 Å². The molecule has 0 unspecified atom stereocenters. The van der Waals surface area contributed by atoms with Gasteiger partial charge in [-0.3, -0.25) is 9.89 Å². The Balaban J connectivity index is 2.04. The van der Waals surface area contributed by atoms with Crippen molar-refractivity contribution in [3.63, 3.8) is 0 Å². The predicted octanol–water partition coefficient (Wildman–Crippen LogP) is 1.69. The Morgan fingerprint density at radius 3 is 2.87 bits per heavy atom. The molecular formula is C10H14ClN3O. The molecule has 1 saturated carbocycles. The fourth-order valence-corrected chi connectivity index (χ4v) is 2.37. The Hall–Kier alpha value is -1.03. The van der Waals surface area contributed by atoms with Gasteiger partial charge in [0, 0.05) is 12.1 Å². The lowest BCUT2D eigenvalue weighted by Crippen LogP contribution is -2.48. The monoisotopic (exact) mass is 227 g/mol. The molecule has 0 radical (unpaired) electrons. The molecule has 0 atom stereocenters. The number of hydrogen-bond acceptors (Lipinski definition) is 2. The number of alkyl halides is 1. The molecule has 0 saturated heterocycles. The topological polar surface area (TPSA) is 57.8 Å². The van der Waals surface area contributed by atoms with Gasteiger partial charge in [0.25, 0.3) is 5.91 Å². The maximum Gasteiger partial charge on any atom is 0.269 e. The van der Waals surface area contributed by atoms with Crippen LogP contribution in [0.5, 0.6) is 0 Å². The third-order valence-corrected chi connectivity index (χ3v) is 3.45.